The quantitative estimate of drug-likeness (QED) is 0.736. The molecule has 2 amide bonds. The van der Waals surface area contributed by atoms with Gasteiger partial charge in [0.25, 0.3) is 5.91 Å². The number of aromatic nitrogens is 2. The third-order valence-electron chi connectivity index (χ3n) is 4.86. The smallest absolute Gasteiger partial charge is 0.270 e. The lowest BCUT2D eigenvalue weighted by atomic mass is 10.0. The van der Waals surface area contributed by atoms with Gasteiger partial charge in [-0.1, -0.05) is 6.07 Å². The van der Waals surface area contributed by atoms with E-state index in [1.165, 1.54) is 4.90 Å². The zero-order chi connectivity index (χ0) is 21.7. The highest BCUT2D eigenvalue weighted by Gasteiger charge is 2.28. The van der Waals surface area contributed by atoms with Crippen LogP contribution in [-0.4, -0.2) is 65.1 Å². The zero-order valence-corrected chi connectivity index (χ0v) is 17.4. The average Bonchev–Trinajstić information content (AvgIpc) is 2.74. The van der Waals surface area contributed by atoms with Crippen molar-refractivity contribution in [3.05, 3.63) is 53.6 Å². The molecule has 30 heavy (non-hydrogen) atoms. The molecule has 0 atom stereocenters. The summed E-state index contributed by atoms with van der Waals surface area (Å²) in [4.78, 5) is 48.2. The number of hydrogen-bond acceptors (Lipinski definition) is 6. The van der Waals surface area contributed by atoms with Crippen molar-refractivity contribution in [1.82, 2.24) is 19.8 Å². The summed E-state index contributed by atoms with van der Waals surface area (Å²) >= 11 is 0. The molecule has 0 fully saturated rings. The van der Waals surface area contributed by atoms with E-state index in [4.69, 9.17) is 0 Å². The van der Waals surface area contributed by atoms with E-state index in [1.807, 2.05) is 25.1 Å². The molecule has 2 aromatic rings. The van der Waals surface area contributed by atoms with Gasteiger partial charge in [0.1, 0.15) is 17.8 Å². The van der Waals surface area contributed by atoms with Crippen molar-refractivity contribution < 1.29 is 14.4 Å². The molecule has 0 bridgehead atoms. The van der Waals surface area contributed by atoms with Crippen molar-refractivity contribution >= 4 is 23.9 Å². The van der Waals surface area contributed by atoms with Crippen LogP contribution in [0.4, 0.5) is 5.82 Å². The van der Waals surface area contributed by atoms with Crippen LogP contribution in [0, 0.1) is 6.92 Å². The van der Waals surface area contributed by atoms with E-state index in [-0.39, 0.29) is 18.4 Å². The largest absolute Gasteiger partial charge is 0.357 e. The molecule has 0 saturated heterocycles. The number of carbonyl (C=O) groups is 3. The van der Waals surface area contributed by atoms with Gasteiger partial charge in [-0.2, -0.15) is 0 Å². The molecular formula is C22H25N5O3. The van der Waals surface area contributed by atoms with Gasteiger partial charge in [0.15, 0.2) is 0 Å². The lowest BCUT2D eigenvalue weighted by Crippen LogP contribution is -2.42. The number of pyridine rings is 2. The van der Waals surface area contributed by atoms with Crippen molar-refractivity contribution in [1.29, 1.82) is 0 Å². The Labute approximate surface area is 175 Å². The lowest BCUT2D eigenvalue weighted by molar-refractivity contribution is -0.127. The standard InChI is InChI=1S/C22H25N5O3/c1-15-6-7-16(11-23-15)17-8-9-19(24-12-17)25-20(29)13-27-10-4-5-18(14-28)21(27)22(30)26(2)3/h6-9,11-12,14H,4-5,10,13H2,1-3H3,(H,24,25,29). The molecule has 8 heteroatoms. The SMILES string of the molecule is Cc1ccc(-c2ccc(NC(=O)CN3CCCC(C=O)=C3C(=O)N(C)C)nc2)cn1. The van der Waals surface area contributed by atoms with Crippen LogP contribution in [0.3, 0.4) is 0 Å². The first-order valence-corrected chi connectivity index (χ1v) is 9.73. The number of aldehydes is 1. The number of aryl methyl sites for hydroxylation is 1. The predicted molar refractivity (Wildman–Crippen MR) is 113 cm³/mol. The third kappa shape index (κ3) is 4.89. The molecule has 0 spiro atoms. The summed E-state index contributed by atoms with van der Waals surface area (Å²) in [5.74, 6) is -0.164. The van der Waals surface area contributed by atoms with Gasteiger partial charge in [0.05, 0.1) is 6.54 Å². The Balaban J connectivity index is 1.69. The molecule has 2 aromatic heterocycles. The summed E-state index contributed by atoms with van der Waals surface area (Å²) < 4.78 is 0. The van der Waals surface area contributed by atoms with Crippen LogP contribution in [0.2, 0.25) is 0 Å². The number of allylic oxidation sites excluding steroid dienone is 1. The Morgan fingerprint density at radius 1 is 1.13 bits per heavy atom. The number of hydrogen-bond donors (Lipinski definition) is 1. The fourth-order valence-corrected chi connectivity index (χ4v) is 3.28. The van der Waals surface area contributed by atoms with Gasteiger partial charge in [-0.25, -0.2) is 4.98 Å². The minimum atomic E-state index is -0.302. The van der Waals surface area contributed by atoms with Crippen LogP contribution in [0.5, 0.6) is 0 Å². The van der Waals surface area contributed by atoms with Crippen LogP contribution in [0.25, 0.3) is 11.1 Å². The second kappa shape index (κ2) is 9.30. The Bertz CT molecular complexity index is 965. The van der Waals surface area contributed by atoms with Crippen molar-refractivity contribution in [2.24, 2.45) is 0 Å². The molecule has 3 heterocycles. The maximum Gasteiger partial charge on any atom is 0.270 e. The fourth-order valence-electron chi connectivity index (χ4n) is 3.28. The summed E-state index contributed by atoms with van der Waals surface area (Å²) in [5, 5.41) is 2.76. The molecule has 0 saturated carbocycles. The Morgan fingerprint density at radius 2 is 1.83 bits per heavy atom. The molecule has 3 rings (SSSR count). The number of anilines is 1. The van der Waals surface area contributed by atoms with Crippen molar-refractivity contribution in [2.75, 3.05) is 32.5 Å². The molecule has 0 aromatic carbocycles. The van der Waals surface area contributed by atoms with E-state index in [9.17, 15) is 14.4 Å². The lowest BCUT2D eigenvalue weighted by Gasteiger charge is -2.32. The highest BCUT2D eigenvalue weighted by atomic mass is 16.2. The van der Waals surface area contributed by atoms with Gasteiger partial charge in [-0.05, 0) is 38.0 Å². The first-order chi connectivity index (χ1) is 14.4. The maximum absolute atomic E-state index is 12.6. The van der Waals surface area contributed by atoms with Gasteiger partial charge in [0, 0.05) is 55.4 Å². The zero-order valence-electron chi connectivity index (χ0n) is 17.4. The highest BCUT2D eigenvalue weighted by Crippen LogP contribution is 2.23. The van der Waals surface area contributed by atoms with Gasteiger partial charge >= 0.3 is 0 Å². The third-order valence-corrected chi connectivity index (χ3v) is 4.86. The monoisotopic (exact) mass is 407 g/mol. The van der Waals surface area contributed by atoms with E-state index in [2.05, 4.69) is 15.3 Å². The fraction of sp³-hybridized carbons (Fsp3) is 0.318. The van der Waals surface area contributed by atoms with E-state index in [0.29, 0.717) is 42.8 Å². The first-order valence-electron chi connectivity index (χ1n) is 9.73. The second-order valence-corrected chi connectivity index (χ2v) is 7.38. The molecule has 0 unspecified atom stereocenters. The van der Waals surface area contributed by atoms with Crippen molar-refractivity contribution in [2.45, 2.75) is 19.8 Å². The van der Waals surface area contributed by atoms with Gasteiger partial charge < -0.3 is 15.1 Å². The molecule has 1 N–H and O–H groups in total. The van der Waals surface area contributed by atoms with E-state index in [1.54, 1.807) is 37.5 Å². The average molecular weight is 407 g/mol. The summed E-state index contributed by atoms with van der Waals surface area (Å²) in [6.45, 7) is 2.43. The van der Waals surface area contributed by atoms with Gasteiger partial charge in [-0.3, -0.25) is 19.4 Å². The Morgan fingerprint density at radius 3 is 2.40 bits per heavy atom. The number of likely N-dealkylation sites (N-methyl/N-ethyl adjacent to an activating group) is 1. The number of amides is 2. The predicted octanol–water partition coefficient (Wildman–Crippen LogP) is 2.03. The number of rotatable bonds is 6. The summed E-state index contributed by atoms with van der Waals surface area (Å²) in [5.41, 5.74) is 3.51. The molecular weight excluding hydrogens is 382 g/mol. The highest BCUT2D eigenvalue weighted by molar-refractivity contribution is 6.00. The number of nitrogens with zero attached hydrogens (tertiary/aromatic N) is 4. The van der Waals surface area contributed by atoms with E-state index in [0.717, 1.165) is 16.8 Å². The summed E-state index contributed by atoms with van der Waals surface area (Å²) in [6, 6.07) is 7.48. The van der Waals surface area contributed by atoms with Crippen molar-refractivity contribution in [3.63, 3.8) is 0 Å². The van der Waals surface area contributed by atoms with Crippen LogP contribution in [0.1, 0.15) is 18.5 Å². The van der Waals surface area contributed by atoms with Crippen molar-refractivity contribution in [3.8, 4) is 11.1 Å². The minimum absolute atomic E-state index is 0.0302. The van der Waals surface area contributed by atoms with E-state index >= 15 is 0 Å². The molecule has 1 aliphatic rings. The van der Waals surface area contributed by atoms with E-state index < -0.39 is 0 Å². The Kier molecular flexibility index (Phi) is 6.56. The molecule has 8 nitrogen and oxygen atoms in total. The first kappa shape index (κ1) is 21.2. The minimum Gasteiger partial charge on any atom is -0.357 e. The summed E-state index contributed by atoms with van der Waals surface area (Å²) in [7, 11) is 3.25. The topological polar surface area (TPSA) is 95.5 Å². The van der Waals surface area contributed by atoms with Crippen LogP contribution >= 0.6 is 0 Å². The normalized spacial score (nSPS) is 13.8. The maximum atomic E-state index is 12.6. The van der Waals surface area contributed by atoms with Crippen LogP contribution in [0.15, 0.2) is 47.9 Å². The van der Waals surface area contributed by atoms with Crippen LogP contribution in [-0.2, 0) is 14.4 Å². The molecule has 156 valence electrons. The Hall–Kier alpha value is -3.55. The second-order valence-electron chi connectivity index (χ2n) is 7.38. The number of carbonyl (C=O) groups excluding carboxylic acids is 3. The summed E-state index contributed by atoms with van der Waals surface area (Å²) in [6.07, 6.45) is 5.41. The van der Waals surface area contributed by atoms with Gasteiger partial charge in [-0.15, -0.1) is 0 Å². The molecule has 1 aliphatic heterocycles. The number of nitrogens with one attached hydrogen (secondary N) is 1. The van der Waals surface area contributed by atoms with Gasteiger partial charge in [0.2, 0.25) is 5.91 Å². The molecule has 0 radical (unpaired) electrons. The van der Waals surface area contributed by atoms with Crippen LogP contribution < -0.4 is 5.32 Å². The molecule has 0 aliphatic carbocycles.